The number of thioether (sulfide) groups is 1. The van der Waals surface area contributed by atoms with Crippen LogP contribution in [0, 0.1) is 0 Å². The third kappa shape index (κ3) is 4.26. The molecule has 2 atom stereocenters. The highest BCUT2D eigenvalue weighted by molar-refractivity contribution is 8.06. The van der Waals surface area contributed by atoms with E-state index in [1.165, 1.54) is 11.8 Å². The summed E-state index contributed by atoms with van der Waals surface area (Å²) in [5, 5.41) is 2.62. The van der Waals surface area contributed by atoms with Crippen molar-refractivity contribution in [1.82, 2.24) is 10.8 Å². The van der Waals surface area contributed by atoms with Crippen LogP contribution in [0.2, 0.25) is 0 Å². The molecule has 28 heavy (non-hydrogen) atoms. The number of hydroxylamine groups is 1. The lowest BCUT2D eigenvalue weighted by molar-refractivity contribution is -0.120. The largest absolute Gasteiger partial charge is 0.442 e. The van der Waals surface area contributed by atoms with E-state index in [-0.39, 0.29) is 17.7 Å². The number of amides is 2. The molecule has 0 spiro atoms. The van der Waals surface area contributed by atoms with Crippen LogP contribution >= 0.6 is 23.4 Å². The summed E-state index contributed by atoms with van der Waals surface area (Å²) < 4.78 is 6.02. The first-order chi connectivity index (χ1) is 13.6. The lowest BCUT2D eigenvalue weighted by atomic mass is 10.1. The van der Waals surface area contributed by atoms with Crippen LogP contribution in [-0.4, -0.2) is 55.4 Å². The lowest BCUT2D eigenvalue weighted by Gasteiger charge is -2.17. The zero-order chi connectivity index (χ0) is 19.5. The number of hydrogen-bond donors (Lipinski definition) is 2. The Morgan fingerprint density at radius 1 is 1.39 bits per heavy atom. The van der Waals surface area contributed by atoms with Crippen molar-refractivity contribution >= 4 is 46.9 Å². The molecule has 2 amide bonds. The number of carbonyl (C=O) groups excluding carboxylic acids is 2. The molecule has 1 unspecified atom stereocenters. The topological polar surface area (TPSA) is 92.3 Å². The van der Waals surface area contributed by atoms with Gasteiger partial charge in [0.2, 0.25) is 5.91 Å². The van der Waals surface area contributed by atoms with Crippen LogP contribution in [0.4, 0.5) is 10.5 Å². The molecule has 0 aromatic heterocycles. The van der Waals surface area contributed by atoms with Crippen LogP contribution in [0.5, 0.6) is 0 Å². The van der Waals surface area contributed by atoms with E-state index >= 15 is 0 Å². The van der Waals surface area contributed by atoms with Crippen LogP contribution in [0.25, 0.3) is 0 Å². The van der Waals surface area contributed by atoms with Crippen molar-refractivity contribution in [2.24, 2.45) is 4.99 Å². The van der Waals surface area contributed by atoms with Crippen LogP contribution in [0.15, 0.2) is 39.7 Å². The van der Waals surface area contributed by atoms with Crippen molar-refractivity contribution in [3.8, 4) is 0 Å². The number of rotatable bonds is 5. The van der Waals surface area contributed by atoms with Gasteiger partial charge in [0.25, 0.3) is 0 Å². The van der Waals surface area contributed by atoms with Crippen LogP contribution < -0.4 is 15.7 Å². The minimum atomic E-state index is -0.427. The van der Waals surface area contributed by atoms with Crippen molar-refractivity contribution in [1.29, 1.82) is 0 Å². The fraction of sp³-hybridized carbons (Fsp3) is 0.389. The zero-order valence-corrected chi connectivity index (χ0v) is 16.5. The summed E-state index contributed by atoms with van der Waals surface area (Å²) in [6.07, 6.45) is 1.62. The minimum Gasteiger partial charge on any atom is -0.442 e. The zero-order valence-electron chi connectivity index (χ0n) is 14.9. The van der Waals surface area contributed by atoms with E-state index in [9.17, 15) is 9.59 Å². The van der Waals surface area contributed by atoms with Gasteiger partial charge in [-0.3, -0.25) is 19.5 Å². The van der Waals surface area contributed by atoms with Gasteiger partial charge in [-0.15, -0.1) is 11.8 Å². The second-order valence-electron chi connectivity index (χ2n) is 6.44. The molecule has 1 aromatic rings. The molecule has 148 valence electrons. The number of ether oxygens (including phenoxy) is 1. The van der Waals surface area contributed by atoms with Crippen LogP contribution in [0.1, 0.15) is 12.0 Å². The predicted octanol–water partition coefficient (Wildman–Crippen LogP) is 2.00. The van der Waals surface area contributed by atoms with Crippen LogP contribution in [-0.2, 0) is 14.4 Å². The van der Waals surface area contributed by atoms with Gasteiger partial charge < -0.3 is 10.1 Å². The van der Waals surface area contributed by atoms with Crippen molar-refractivity contribution in [2.75, 3.05) is 31.1 Å². The number of carbonyl (C=O) groups is 2. The molecule has 0 bridgehead atoms. The molecule has 3 heterocycles. The second-order valence-corrected chi connectivity index (χ2v) is 8.32. The van der Waals surface area contributed by atoms with E-state index in [2.05, 4.69) is 15.8 Å². The molecule has 10 heteroatoms. The number of amidine groups is 1. The maximum Gasteiger partial charge on any atom is 0.414 e. The van der Waals surface area contributed by atoms with Gasteiger partial charge in [0.15, 0.2) is 5.84 Å². The number of benzene rings is 1. The molecule has 1 saturated heterocycles. The molecule has 8 nitrogen and oxygen atoms in total. The summed E-state index contributed by atoms with van der Waals surface area (Å²) in [6.45, 7) is 1.79. The van der Waals surface area contributed by atoms with Gasteiger partial charge in [0, 0.05) is 11.3 Å². The summed E-state index contributed by atoms with van der Waals surface area (Å²) >= 11 is 7.23. The Labute approximate surface area is 171 Å². The third-order valence-corrected chi connectivity index (χ3v) is 6.01. The van der Waals surface area contributed by atoms with E-state index in [0.29, 0.717) is 36.3 Å². The number of anilines is 1. The number of allylic oxidation sites excluding steroid dienone is 1. The Kier molecular flexibility index (Phi) is 5.74. The molecular weight excluding hydrogens is 404 g/mol. The fourth-order valence-electron chi connectivity index (χ4n) is 3.06. The number of hydrogen-bond acceptors (Lipinski definition) is 7. The number of aliphatic imine (C=N–C) groups is 1. The summed E-state index contributed by atoms with van der Waals surface area (Å²) in [5.41, 5.74) is 4.38. The maximum atomic E-state index is 12.2. The smallest absolute Gasteiger partial charge is 0.414 e. The Balaban J connectivity index is 1.32. The Morgan fingerprint density at radius 3 is 2.89 bits per heavy atom. The number of halogens is 1. The molecule has 2 N–H and O–H groups in total. The third-order valence-electron chi connectivity index (χ3n) is 4.50. The summed E-state index contributed by atoms with van der Waals surface area (Å²) in [4.78, 5) is 35.5. The average Bonchev–Trinajstić information content (AvgIpc) is 3.32. The Morgan fingerprint density at radius 2 is 2.21 bits per heavy atom. The van der Waals surface area contributed by atoms with Gasteiger partial charge in [-0.1, -0.05) is 17.7 Å². The number of cyclic esters (lactones) is 1. The quantitative estimate of drug-likeness (QED) is 0.754. The van der Waals surface area contributed by atoms with E-state index in [1.807, 2.05) is 30.3 Å². The first-order valence-corrected chi connectivity index (χ1v) is 10.2. The number of nitrogens with zero attached hydrogens (tertiary/aromatic N) is 2. The second kappa shape index (κ2) is 8.42. The molecule has 1 aromatic carbocycles. The molecule has 0 aliphatic carbocycles. The van der Waals surface area contributed by atoms with Crippen molar-refractivity contribution < 1.29 is 19.2 Å². The van der Waals surface area contributed by atoms with Crippen molar-refractivity contribution in [2.45, 2.75) is 17.8 Å². The highest BCUT2D eigenvalue weighted by Crippen LogP contribution is 2.34. The SMILES string of the molecule is O=C(NC[C@H]1CN(c2ccc(C3=NCCON3)cc2)C(=O)O1)C1CC=C(Cl)S1. The standard InChI is InChI=1S/C18H19ClN4O4S/c19-15-6-5-14(28-15)17(24)21-9-13-10-23(18(25)27-13)12-3-1-11(2-4-12)16-20-7-8-26-22-16/h1-4,6,13-14H,5,7-10H2,(H,20,22)(H,21,24)/t13-,14?/m0/s1. The molecule has 4 rings (SSSR count). The van der Waals surface area contributed by atoms with Crippen molar-refractivity contribution in [3.63, 3.8) is 0 Å². The van der Waals surface area contributed by atoms with E-state index < -0.39 is 12.2 Å². The van der Waals surface area contributed by atoms with E-state index in [4.69, 9.17) is 21.2 Å². The first-order valence-electron chi connectivity index (χ1n) is 8.91. The summed E-state index contributed by atoms with van der Waals surface area (Å²) in [5.74, 6) is 0.570. The van der Waals surface area contributed by atoms with Gasteiger partial charge >= 0.3 is 6.09 Å². The molecule has 0 saturated carbocycles. The predicted molar refractivity (Wildman–Crippen MR) is 107 cm³/mol. The molecule has 1 fully saturated rings. The monoisotopic (exact) mass is 422 g/mol. The normalized spacial score (nSPS) is 24.3. The molecule has 3 aliphatic rings. The molecular formula is C18H19ClN4O4S. The highest BCUT2D eigenvalue weighted by atomic mass is 35.5. The first kappa shape index (κ1) is 19.1. The van der Waals surface area contributed by atoms with Crippen LogP contribution in [0.3, 0.4) is 0 Å². The average molecular weight is 423 g/mol. The van der Waals surface area contributed by atoms with Crippen molar-refractivity contribution in [3.05, 3.63) is 40.3 Å². The maximum absolute atomic E-state index is 12.2. The van der Waals surface area contributed by atoms with Gasteiger partial charge in [-0.25, -0.2) is 10.3 Å². The Hall–Kier alpha value is -2.23. The van der Waals surface area contributed by atoms with Gasteiger partial charge in [-0.05, 0) is 30.7 Å². The fourth-order valence-corrected chi connectivity index (χ4v) is 4.32. The summed E-state index contributed by atoms with van der Waals surface area (Å²) in [6, 6.07) is 7.40. The van der Waals surface area contributed by atoms with Gasteiger partial charge in [0.05, 0.1) is 35.9 Å². The molecule has 3 aliphatic heterocycles. The highest BCUT2D eigenvalue weighted by Gasteiger charge is 2.33. The van der Waals surface area contributed by atoms with Gasteiger partial charge in [0.1, 0.15) is 6.10 Å². The molecule has 0 radical (unpaired) electrons. The summed E-state index contributed by atoms with van der Waals surface area (Å²) in [7, 11) is 0. The minimum absolute atomic E-state index is 0.0984. The lowest BCUT2D eigenvalue weighted by Crippen LogP contribution is -2.38. The van der Waals surface area contributed by atoms with E-state index in [1.54, 1.807) is 4.90 Å². The van der Waals surface area contributed by atoms with E-state index in [0.717, 1.165) is 11.3 Å². The number of nitrogens with one attached hydrogen (secondary N) is 2. The van der Waals surface area contributed by atoms with Gasteiger partial charge in [-0.2, -0.15) is 0 Å². The Bertz CT molecular complexity index is 829.